The van der Waals surface area contributed by atoms with E-state index in [1.54, 1.807) is 4.57 Å². The molecule has 0 aliphatic heterocycles. The van der Waals surface area contributed by atoms with E-state index in [1.807, 2.05) is 32.0 Å². The number of aryl methyl sites for hydroxylation is 2. The fraction of sp³-hybridized carbons (Fsp3) is 0.385. The summed E-state index contributed by atoms with van der Waals surface area (Å²) in [7, 11) is 0. The molecule has 0 saturated carbocycles. The van der Waals surface area contributed by atoms with Crippen LogP contribution in [0.1, 0.15) is 24.7 Å². The van der Waals surface area contributed by atoms with Crippen LogP contribution >= 0.6 is 0 Å². The first-order chi connectivity index (χ1) is 7.63. The second-order valence-electron chi connectivity index (χ2n) is 4.14. The number of benzene rings is 1. The zero-order valence-electron chi connectivity index (χ0n) is 9.95. The molecular formula is C13H16N2O. The van der Waals surface area contributed by atoms with Crippen LogP contribution in [0.5, 0.6) is 0 Å². The van der Waals surface area contributed by atoms with Crippen LogP contribution in [0.15, 0.2) is 23.0 Å². The zero-order chi connectivity index (χ0) is 11.7. The number of nitrogens with zero attached hydrogens (tertiary/aromatic N) is 2. The molecule has 3 nitrogen and oxygen atoms in total. The minimum atomic E-state index is 0.0769. The maximum absolute atomic E-state index is 12.2. The highest BCUT2D eigenvalue weighted by molar-refractivity contribution is 5.78. The van der Waals surface area contributed by atoms with Crippen molar-refractivity contribution in [2.45, 2.75) is 33.7 Å². The van der Waals surface area contributed by atoms with Crippen LogP contribution in [0.2, 0.25) is 0 Å². The molecule has 0 N–H and O–H groups in total. The Morgan fingerprint density at radius 3 is 2.75 bits per heavy atom. The van der Waals surface area contributed by atoms with Crippen LogP contribution < -0.4 is 5.56 Å². The standard InChI is InChI=1S/C13H16N2O/c1-4-7-15-10(3)14-12-6-5-9(2)8-11(12)13(15)16/h5-6,8H,4,7H2,1-3H3. The van der Waals surface area contributed by atoms with Crippen molar-refractivity contribution in [2.75, 3.05) is 0 Å². The maximum atomic E-state index is 12.2. The van der Waals surface area contributed by atoms with E-state index in [9.17, 15) is 4.79 Å². The van der Waals surface area contributed by atoms with Gasteiger partial charge in [-0.25, -0.2) is 4.98 Å². The molecule has 0 aliphatic carbocycles. The SMILES string of the molecule is CCCn1c(C)nc2ccc(C)cc2c1=O. The molecule has 0 aliphatic rings. The molecule has 0 spiro atoms. The molecule has 3 heteroatoms. The van der Waals surface area contributed by atoms with E-state index in [0.29, 0.717) is 0 Å². The Hall–Kier alpha value is -1.64. The highest BCUT2D eigenvalue weighted by atomic mass is 16.1. The lowest BCUT2D eigenvalue weighted by Gasteiger charge is -2.09. The lowest BCUT2D eigenvalue weighted by molar-refractivity contribution is 0.625. The highest BCUT2D eigenvalue weighted by Gasteiger charge is 2.06. The molecule has 1 aromatic carbocycles. The second kappa shape index (κ2) is 4.08. The molecule has 2 aromatic rings. The Bertz CT molecular complexity index is 584. The van der Waals surface area contributed by atoms with E-state index in [1.165, 1.54) is 0 Å². The summed E-state index contributed by atoms with van der Waals surface area (Å²) in [5.41, 5.74) is 1.96. The van der Waals surface area contributed by atoms with Gasteiger partial charge in [-0.05, 0) is 32.4 Å². The number of hydrogen-bond donors (Lipinski definition) is 0. The van der Waals surface area contributed by atoms with Gasteiger partial charge in [-0.15, -0.1) is 0 Å². The van der Waals surface area contributed by atoms with Gasteiger partial charge < -0.3 is 0 Å². The first kappa shape index (κ1) is 10.9. The largest absolute Gasteiger partial charge is 0.296 e. The third-order valence-electron chi connectivity index (χ3n) is 2.75. The predicted molar refractivity (Wildman–Crippen MR) is 65.8 cm³/mol. The van der Waals surface area contributed by atoms with E-state index in [-0.39, 0.29) is 5.56 Å². The lowest BCUT2D eigenvalue weighted by atomic mass is 10.1. The Kier molecular flexibility index (Phi) is 2.77. The maximum Gasteiger partial charge on any atom is 0.261 e. The Labute approximate surface area is 94.7 Å². The van der Waals surface area contributed by atoms with Crippen LogP contribution in [0.4, 0.5) is 0 Å². The van der Waals surface area contributed by atoms with E-state index in [4.69, 9.17) is 0 Å². The van der Waals surface area contributed by atoms with Crippen molar-refractivity contribution in [3.05, 3.63) is 39.9 Å². The quantitative estimate of drug-likeness (QED) is 0.772. The summed E-state index contributed by atoms with van der Waals surface area (Å²) in [6, 6.07) is 5.81. The first-order valence-electron chi connectivity index (χ1n) is 5.61. The average molecular weight is 216 g/mol. The van der Waals surface area contributed by atoms with Gasteiger partial charge in [0.25, 0.3) is 5.56 Å². The zero-order valence-corrected chi connectivity index (χ0v) is 9.95. The molecular weight excluding hydrogens is 200 g/mol. The summed E-state index contributed by atoms with van der Waals surface area (Å²) in [5.74, 6) is 0.795. The summed E-state index contributed by atoms with van der Waals surface area (Å²) >= 11 is 0. The number of rotatable bonds is 2. The summed E-state index contributed by atoms with van der Waals surface area (Å²) in [6.45, 7) is 6.67. The van der Waals surface area contributed by atoms with Gasteiger partial charge in [-0.1, -0.05) is 18.6 Å². The molecule has 0 unspecified atom stereocenters. The number of aromatic nitrogens is 2. The van der Waals surface area contributed by atoms with E-state index < -0.39 is 0 Å². The molecule has 84 valence electrons. The van der Waals surface area contributed by atoms with Crippen molar-refractivity contribution in [1.29, 1.82) is 0 Å². The summed E-state index contributed by atoms with van der Waals surface area (Å²) in [4.78, 5) is 16.7. The van der Waals surface area contributed by atoms with Gasteiger partial charge >= 0.3 is 0 Å². The summed E-state index contributed by atoms with van der Waals surface area (Å²) in [6.07, 6.45) is 0.944. The highest BCUT2D eigenvalue weighted by Crippen LogP contribution is 2.10. The van der Waals surface area contributed by atoms with Crippen LogP contribution in [0, 0.1) is 13.8 Å². The average Bonchev–Trinajstić information content (AvgIpc) is 2.26. The van der Waals surface area contributed by atoms with Gasteiger partial charge in [0.2, 0.25) is 0 Å². The van der Waals surface area contributed by atoms with Crippen LogP contribution in [-0.4, -0.2) is 9.55 Å². The molecule has 1 aromatic heterocycles. The normalized spacial score (nSPS) is 10.9. The predicted octanol–water partition coefficient (Wildman–Crippen LogP) is 2.42. The minimum Gasteiger partial charge on any atom is -0.296 e. The van der Waals surface area contributed by atoms with Crippen LogP contribution in [-0.2, 0) is 6.54 Å². The van der Waals surface area contributed by atoms with Gasteiger partial charge in [0.1, 0.15) is 5.82 Å². The van der Waals surface area contributed by atoms with E-state index in [0.717, 1.165) is 35.3 Å². The Morgan fingerprint density at radius 1 is 1.31 bits per heavy atom. The molecule has 0 saturated heterocycles. The summed E-state index contributed by atoms with van der Waals surface area (Å²) in [5, 5.41) is 0.721. The third-order valence-corrected chi connectivity index (χ3v) is 2.75. The van der Waals surface area contributed by atoms with Crippen molar-refractivity contribution >= 4 is 10.9 Å². The van der Waals surface area contributed by atoms with Gasteiger partial charge in [0.05, 0.1) is 10.9 Å². The summed E-state index contributed by atoms with van der Waals surface area (Å²) < 4.78 is 1.75. The third kappa shape index (κ3) is 1.73. The molecule has 1 heterocycles. The van der Waals surface area contributed by atoms with Gasteiger partial charge in [-0.2, -0.15) is 0 Å². The van der Waals surface area contributed by atoms with Crippen molar-refractivity contribution in [3.63, 3.8) is 0 Å². The number of hydrogen-bond acceptors (Lipinski definition) is 2. The lowest BCUT2D eigenvalue weighted by Crippen LogP contribution is -2.23. The molecule has 0 bridgehead atoms. The van der Waals surface area contributed by atoms with Crippen LogP contribution in [0.3, 0.4) is 0 Å². The molecule has 16 heavy (non-hydrogen) atoms. The Morgan fingerprint density at radius 2 is 2.06 bits per heavy atom. The minimum absolute atomic E-state index is 0.0769. The van der Waals surface area contributed by atoms with Crippen molar-refractivity contribution in [3.8, 4) is 0 Å². The van der Waals surface area contributed by atoms with Gasteiger partial charge in [-0.3, -0.25) is 9.36 Å². The van der Waals surface area contributed by atoms with Gasteiger partial charge in [0, 0.05) is 6.54 Å². The van der Waals surface area contributed by atoms with E-state index in [2.05, 4.69) is 11.9 Å². The fourth-order valence-corrected chi connectivity index (χ4v) is 1.93. The van der Waals surface area contributed by atoms with Crippen molar-refractivity contribution in [2.24, 2.45) is 0 Å². The number of fused-ring (bicyclic) bond motifs is 1. The van der Waals surface area contributed by atoms with Crippen molar-refractivity contribution in [1.82, 2.24) is 9.55 Å². The fourth-order valence-electron chi connectivity index (χ4n) is 1.93. The molecule has 2 rings (SSSR count). The first-order valence-corrected chi connectivity index (χ1v) is 5.61. The van der Waals surface area contributed by atoms with Gasteiger partial charge in [0.15, 0.2) is 0 Å². The second-order valence-corrected chi connectivity index (χ2v) is 4.14. The monoisotopic (exact) mass is 216 g/mol. The Balaban J connectivity index is 2.80. The smallest absolute Gasteiger partial charge is 0.261 e. The van der Waals surface area contributed by atoms with Crippen molar-refractivity contribution < 1.29 is 0 Å². The topological polar surface area (TPSA) is 34.9 Å². The molecule has 0 amide bonds. The van der Waals surface area contributed by atoms with E-state index >= 15 is 0 Å². The van der Waals surface area contributed by atoms with Crippen LogP contribution in [0.25, 0.3) is 10.9 Å². The molecule has 0 fully saturated rings. The molecule has 0 radical (unpaired) electrons. The molecule has 0 atom stereocenters.